The van der Waals surface area contributed by atoms with Crippen LogP contribution in [0.2, 0.25) is 0 Å². The van der Waals surface area contributed by atoms with Gasteiger partial charge in [0.15, 0.2) is 0 Å². The number of aromatic nitrogens is 2. The summed E-state index contributed by atoms with van der Waals surface area (Å²) in [6.45, 7) is 0.312. The van der Waals surface area contributed by atoms with Gasteiger partial charge in [-0.3, -0.25) is 4.79 Å². The van der Waals surface area contributed by atoms with Crippen LogP contribution in [0, 0.1) is 11.3 Å². The molecule has 0 spiro atoms. The van der Waals surface area contributed by atoms with Gasteiger partial charge in [0.05, 0.1) is 28.6 Å². The van der Waals surface area contributed by atoms with Crippen molar-refractivity contribution in [1.29, 1.82) is 5.26 Å². The van der Waals surface area contributed by atoms with Crippen LogP contribution < -0.4 is 15.5 Å². The van der Waals surface area contributed by atoms with Crippen LogP contribution in [0.25, 0.3) is 0 Å². The predicted molar refractivity (Wildman–Crippen MR) is 151 cm³/mol. The number of carbonyl (C=O) groups excluding carboxylic acids is 2. The van der Waals surface area contributed by atoms with E-state index in [2.05, 4.69) is 47.8 Å². The summed E-state index contributed by atoms with van der Waals surface area (Å²) >= 11 is 3.48. The summed E-state index contributed by atoms with van der Waals surface area (Å²) in [4.78, 5) is 32.2. The van der Waals surface area contributed by atoms with Gasteiger partial charge in [-0.1, -0.05) is 48.5 Å². The summed E-state index contributed by atoms with van der Waals surface area (Å²) in [5.74, 6) is 0.0597. The largest absolute Gasteiger partial charge is 0.488 e. The molecule has 2 amide bonds. The van der Waals surface area contributed by atoms with Crippen LogP contribution in [0.4, 0.5) is 4.79 Å². The number of rotatable bonds is 11. The number of hydrazone groups is 1. The Kier molecular flexibility index (Phi) is 10.0. The van der Waals surface area contributed by atoms with E-state index in [1.165, 1.54) is 12.5 Å². The second-order valence-corrected chi connectivity index (χ2v) is 9.38. The van der Waals surface area contributed by atoms with Gasteiger partial charge in [0.25, 0.3) is 5.91 Å². The Morgan fingerprint density at radius 2 is 1.90 bits per heavy atom. The second-order valence-electron chi connectivity index (χ2n) is 8.52. The number of H-pyrrole nitrogens is 1. The summed E-state index contributed by atoms with van der Waals surface area (Å²) in [5.41, 5.74) is 5.98. The first-order valence-corrected chi connectivity index (χ1v) is 13.0. The van der Waals surface area contributed by atoms with E-state index in [1.54, 1.807) is 36.5 Å². The molecule has 1 aromatic heterocycles. The molecule has 3 aromatic carbocycles. The average Bonchev–Trinajstić information content (AvgIpc) is 3.49. The molecule has 3 N–H and O–H groups in total. The molecule has 0 bridgehead atoms. The minimum atomic E-state index is -0.959. The number of aromatic amines is 1. The van der Waals surface area contributed by atoms with E-state index in [0.717, 1.165) is 11.1 Å². The van der Waals surface area contributed by atoms with Crippen LogP contribution in [-0.2, 0) is 29.2 Å². The topological polar surface area (TPSA) is 141 Å². The molecule has 0 aliphatic carbocycles. The van der Waals surface area contributed by atoms with Crippen LogP contribution >= 0.6 is 15.9 Å². The number of imidazole rings is 1. The van der Waals surface area contributed by atoms with Crippen molar-refractivity contribution in [3.63, 3.8) is 0 Å². The molecule has 11 heteroatoms. The zero-order valence-electron chi connectivity index (χ0n) is 21.2. The van der Waals surface area contributed by atoms with Crippen LogP contribution in [0.1, 0.15) is 27.9 Å². The van der Waals surface area contributed by atoms with Crippen LogP contribution in [0.3, 0.4) is 0 Å². The van der Waals surface area contributed by atoms with E-state index in [-0.39, 0.29) is 19.6 Å². The van der Waals surface area contributed by atoms with Crippen molar-refractivity contribution in [2.75, 3.05) is 0 Å². The molecule has 1 heterocycles. The summed E-state index contributed by atoms with van der Waals surface area (Å²) in [7, 11) is 0. The highest BCUT2D eigenvalue weighted by atomic mass is 79.9. The maximum atomic E-state index is 12.9. The van der Waals surface area contributed by atoms with Gasteiger partial charge in [0, 0.05) is 23.9 Å². The maximum absolute atomic E-state index is 12.9. The van der Waals surface area contributed by atoms with E-state index in [1.807, 2.05) is 42.5 Å². The molecular weight excluding hydrogens is 576 g/mol. The van der Waals surface area contributed by atoms with Crippen molar-refractivity contribution in [3.05, 3.63) is 118 Å². The van der Waals surface area contributed by atoms with Crippen molar-refractivity contribution in [1.82, 2.24) is 20.7 Å². The van der Waals surface area contributed by atoms with Gasteiger partial charge in [-0.15, -0.1) is 0 Å². The number of ether oxygens (including phenoxy) is 2. The lowest BCUT2D eigenvalue weighted by molar-refractivity contribution is -0.123. The number of nitriles is 1. The number of amides is 2. The van der Waals surface area contributed by atoms with Crippen LogP contribution in [0.5, 0.6) is 5.75 Å². The Labute approximate surface area is 239 Å². The third kappa shape index (κ3) is 8.28. The second kappa shape index (κ2) is 14.3. The first-order valence-electron chi connectivity index (χ1n) is 12.2. The van der Waals surface area contributed by atoms with Crippen molar-refractivity contribution in [2.45, 2.75) is 25.7 Å². The average molecular weight is 601 g/mol. The number of nitrogens with zero attached hydrogens (tertiary/aromatic N) is 3. The molecule has 0 radical (unpaired) electrons. The molecule has 202 valence electrons. The predicted octanol–water partition coefficient (Wildman–Crippen LogP) is 4.61. The van der Waals surface area contributed by atoms with Gasteiger partial charge in [0.1, 0.15) is 25.0 Å². The van der Waals surface area contributed by atoms with Crippen molar-refractivity contribution in [3.8, 4) is 11.8 Å². The first-order chi connectivity index (χ1) is 19.5. The monoisotopic (exact) mass is 600 g/mol. The fourth-order valence-electron chi connectivity index (χ4n) is 3.61. The third-order valence-corrected chi connectivity index (χ3v) is 6.29. The third-order valence-electron chi connectivity index (χ3n) is 5.67. The lowest BCUT2D eigenvalue weighted by atomic mass is 10.1. The summed E-state index contributed by atoms with van der Waals surface area (Å²) in [6, 6.07) is 23.0. The number of benzene rings is 3. The molecule has 0 fully saturated rings. The van der Waals surface area contributed by atoms with Crippen molar-refractivity contribution in [2.24, 2.45) is 5.10 Å². The summed E-state index contributed by atoms with van der Waals surface area (Å²) < 4.78 is 11.8. The highest BCUT2D eigenvalue weighted by Crippen LogP contribution is 2.26. The van der Waals surface area contributed by atoms with Gasteiger partial charge < -0.3 is 19.8 Å². The Morgan fingerprint density at radius 3 is 2.65 bits per heavy atom. The number of nitrogens with one attached hydrogen (secondary N) is 3. The summed E-state index contributed by atoms with van der Waals surface area (Å²) in [6.07, 6.45) is 3.96. The van der Waals surface area contributed by atoms with E-state index in [9.17, 15) is 14.9 Å². The highest BCUT2D eigenvalue weighted by molar-refractivity contribution is 9.10. The minimum Gasteiger partial charge on any atom is -0.488 e. The number of hydrogen-bond acceptors (Lipinski definition) is 7. The zero-order chi connectivity index (χ0) is 28.2. The standard InChI is InChI=1S/C29H25BrN6O4/c30-25-12-21(10-11-27(25)39-18-23-9-5-4-8-22(23)14-31)15-34-36-28(37)26(13-24-16-32-19-33-24)35-29(38)40-17-20-6-2-1-3-7-20/h1-12,15-16,19,26H,13,17-18H2,(H,32,33)(H,35,38)(H,36,37)/b34-15-/t26-/m1/s1. The molecule has 10 nitrogen and oxygen atoms in total. The quantitative estimate of drug-likeness (QED) is 0.169. The molecule has 0 saturated heterocycles. The molecule has 0 saturated carbocycles. The van der Waals surface area contributed by atoms with Gasteiger partial charge in [0.2, 0.25) is 0 Å². The number of halogens is 1. The van der Waals surface area contributed by atoms with Crippen molar-refractivity contribution >= 4 is 34.1 Å². The molecule has 0 unspecified atom stereocenters. The minimum absolute atomic E-state index is 0.0721. The fourth-order valence-corrected chi connectivity index (χ4v) is 4.12. The van der Waals surface area contributed by atoms with Crippen LogP contribution in [-0.4, -0.2) is 34.2 Å². The number of carbonyl (C=O) groups is 2. The first kappa shape index (κ1) is 28.1. The SMILES string of the molecule is N#Cc1ccccc1COc1ccc(/C=N\NC(=O)[C@@H](Cc2cnc[nH]2)NC(=O)OCc2ccccc2)cc1Br. The normalized spacial score (nSPS) is 11.4. The lowest BCUT2D eigenvalue weighted by Gasteiger charge is -2.16. The molecular formula is C29H25BrN6O4. The van der Waals surface area contributed by atoms with Crippen molar-refractivity contribution < 1.29 is 19.1 Å². The van der Waals surface area contributed by atoms with Crippen LogP contribution in [0.15, 0.2) is 94.9 Å². The van der Waals surface area contributed by atoms with E-state index < -0.39 is 18.0 Å². The molecule has 1 atom stereocenters. The van der Waals surface area contributed by atoms with Gasteiger partial charge in [-0.2, -0.15) is 10.4 Å². The Balaban J connectivity index is 1.33. The van der Waals surface area contributed by atoms with E-state index in [0.29, 0.717) is 27.0 Å². The molecule has 4 rings (SSSR count). The molecule has 40 heavy (non-hydrogen) atoms. The molecule has 0 aliphatic heterocycles. The Morgan fingerprint density at radius 1 is 1.10 bits per heavy atom. The lowest BCUT2D eigenvalue weighted by Crippen LogP contribution is -2.47. The molecule has 0 aliphatic rings. The van der Waals surface area contributed by atoms with E-state index >= 15 is 0 Å². The fraction of sp³-hybridized carbons (Fsp3) is 0.138. The maximum Gasteiger partial charge on any atom is 0.408 e. The van der Waals surface area contributed by atoms with E-state index in [4.69, 9.17) is 9.47 Å². The Bertz CT molecular complexity index is 1500. The van der Waals surface area contributed by atoms with Gasteiger partial charge in [-0.05, 0) is 51.3 Å². The zero-order valence-corrected chi connectivity index (χ0v) is 22.8. The molecule has 4 aromatic rings. The van der Waals surface area contributed by atoms with Gasteiger partial charge in [-0.25, -0.2) is 15.2 Å². The van der Waals surface area contributed by atoms with Gasteiger partial charge >= 0.3 is 6.09 Å². The number of hydrogen-bond donors (Lipinski definition) is 3. The Hall–Kier alpha value is -4.95. The smallest absolute Gasteiger partial charge is 0.408 e. The highest BCUT2D eigenvalue weighted by Gasteiger charge is 2.22. The number of alkyl carbamates (subject to hydrolysis) is 1. The summed E-state index contributed by atoms with van der Waals surface area (Å²) in [5, 5.41) is 15.9.